The lowest BCUT2D eigenvalue weighted by Crippen LogP contribution is -2.48. The number of rotatable bonds is 50. The lowest BCUT2D eigenvalue weighted by Gasteiger charge is -2.21. The Morgan fingerprint density at radius 1 is 0.393 bits per heavy atom. The zero-order valence-electron chi connectivity index (χ0n) is 41.1. The third kappa shape index (κ3) is 46.4. The molecule has 3 unspecified atom stereocenters. The van der Waals surface area contributed by atoms with Gasteiger partial charge in [-0.1, -0.05) is 281 Å². The number of hydrogen-bond acceptors (Lipinski definition) is 4. The minimum atomic E-state index is -1.11. The molecule has 0 saturated heterocycles. The highest BCUT2D eigenvalue weighted by Crippen LogP contribution is 2.17. The maximum atomic E-state index is 12.5. The molecule has 0 aliphatic heterocycles. The summed E-state index contributed by atoms with van der Waals surface area (Å²) in [7, 11) is 0. The van der Waals surface area contributed by atoms with Crippen LogP contribution in [0, 0.1) is 0 Å². The Kier molecular flexibility index (Phi) is 50.0. The second kappa shape index (κ2) is 51.2. The smallest absolute Gasteiger partial charge is 0.249 e. The lowest BCUT2D eigenvalue weighted by atomic mass is 10.0. The van der Waals surface area contributed by atoms with E-state index in [1.807, 2.05) is 6.08 Å². The van der Waals surface area contributed by atoms with Gasteiger partial charge in [-0.15, -0.1) is 0 Å². The summed E-state index contributed by atoms with van der Waals surface area (Å²) in [5.41, 5.74) is 0. The summed E-state index contributed by atoms with van der Waals surface area (Å²) in [4.78, 5) is 12.5. The molecule has 0 bridgehead atoms. The molecule has 0 aromatic carbocycles. The van der Waals surface area contributed by atoms with Crippen LogP contribution in [-0.4, -0.2) is 46.1 Å². The van der Waals surface area contributed by atoms with Crippen LogP contribution in [0.2, 0.25) is 0 Å². The van der Waals surface area contributed by atoms with E-state index in [1.165, 1.54) is 225 Å². The van der Waals surface area contributed by atoms with Crippen LogP contribution in [0.1, 0.15) is 290 Å². The fourth-order valence-corrected chi connectivity index (χ4v) is 8.46. The predicted molar refractivity (Wildman–Crippen MR) is 268 cm³/mol. The van der Waals surface area contributed by atoms with Crippen molar-refractivity contribution in [1.82, 2.24) is 5.32 Å². The van der Waals surface area contributed by atoms with Crippen LogP contribution in [0.5, 0.6) is 0 Å². The van der Waals surface area contributed by atoms with Gasteiger partial charge >= 0.3 is 0 Å². The number of carbonyl (C=O) groups is 1. The van der Waals surface area contributed by atoms with Crippen molar-refractivity contribution in [3.05, 3.63) is 36.5 Å². The summed E-state index contributed by atoms with van der Waals surface area (Å²) in [5, 5.41) is 33.3. The highest BCUT2D eigenvalue weighted by Gasteiger charge is 2.22. The van der Waals surface area contributed by atoms with Gasteiger partial charge in [0.05, 0.1) is 18.8 Å². The van der Waals surface area contributed by atoms with Crippen LogP contribution in [0.3, 0.4) is 0 Å². The molecule has 0 fully saturated rings. The summed E-state index contributed by atoms with van der Waals surface area (Å²) >= 11 is 0. The second-order valence-electron chi connectivity index (χ2n) is 18.8. The Morgan fingerprint density at radius 3 is 1.00 bits per heavy atom. The first kappa shape index (κ1) is 59.6. The molecule has 0 aliphatic carbocycles. The molecular weight excluding hydrogens is 751 g/mol. The molecule has 61 heavy (non-hydrogen) atoms. The number of nitrogens with one attached hydrogen (secondary N) is 1. The predicted octanol–water partition coefficient (Wildman–Crippen LogP) is 16.7. The molecule has 0 spiro atoms. The Morgan fingerprint density at radius 2 is 0.672 bits per heavy atom. The van der Waals surface area contributed by atoms with Gasteiger partial charge in [0.15, 0.2) is 0 Å². The largest absolute Gasteiger partial charge is 0.394 e. The average Bonchev–Trinajstić information content (AvgIpc) is 3.26. The average molecular weight is 858 g/mol. The third-order valence-corrected chi connectivity index (χ3v) is 12.7. The van der Waals surface area contributed by atoms with Crippen molar-refractivity contribution in [2.45, 2.75) is 308 Å². The zero-order chi connectivity index (χ0) is 44.4. The molecule has 1 amide bonds. The third-order valence-electron chi connectivity index (χ3n) is 12.7. The summed E-state index contributed by atoms with van der Waals surface area (Å²) < 4.78 is 0. The van der Waals surface area contributed by atoms with Gasteiger partial charge in [0, 0.05) is 0 Å². The quantitative estimate of drug-likeness (QED) is 0.0362. The Balaban J connectivity index is 3.62. The Labute approximate surface area is 381 Å². The molecule has 5 nitrogen and oxygen atoms in total. The van der Waals surface area contributed by atoms with E-state index in [0.717, 1.165) is 44.9 Å². The molecule has 0 aromatic heterocycles. The lowest BCUT2D eigenvalue weighted by molar-refractivity contribution is -0.131. The number of aliphatic hydroxyl groups excluding tert-OH is 3. The van der Waals surface area contributed by atoms with Gasteiger partial charge in [0.25, 0.3) is 0 Å². The molecule has 4 N–H and O–H groups in total. The van der Waals surface area contributed by atoms with Crippen LogP contribution >= 0.6 is 0 Å². The first-order valence-electron chi connectivity index (χ1n) is 27.3. The van der Waals surface area contributed by atoms with Gasteiger partial charge in [-0.3, -0.25) is 4.79 Å². The number of amides is 1. The maximum Gasteiger partial charge on any atom is 0.249 e. The molecule has 0 saturated carbocycles. The van der Waals surface area contributed by atoms with Crippen molar-refractivity contribution in [2.75, 3.05) is 6.61 Å². The number of hydrogen-bond donors (Lipinski definition) is 4. The second-order valence-corrected chi connectivity index (χ2v) is 18.8. The van der Waals surface area contributed by atoms with Crippen molar-refractivity contribution in [3.63, 3.8) is 0 Å². The minimum absolute atomic E-state index is 0.379. The molecule has 3 atom stereocenters. The first-order valence-corrected chi connectivity index (χ1v) is 27.3. The van der Waals surface area contributed by atoms with Crippen molar-refractivity contribution < 1.29 is 20.1 Å². The van der Waals surface area contributed by atoms with E-state index >= 15 is 0 Å². The Hall–Kier alpha value is -1.43. The van der Waals surface area contributed by atoms with E-state index in [2.05, 4.69) is 43.5 Å². The van der Waals surface area contributed by atoms with E-state index < -0.39 is 24.2 Å². The van der Waals surface area contributed by atoms with Gasteiger partial charge in [0.2, 0.25) is 5.91 Å². The van der Waals surface area contributed by atoms with Crippen LogP contribution in [0.4, 0.5) is 0 Å². The number of carbonyl (C=O) groups excluding carboxylic acids is 1. The maximum absolute atomic E-state index is 12.5. The van der Waals surface area contributed by atoms with Gasteiger partial charge in [-0.25, -0.2) is 0 Å². The molecule has 0 heterocycles. The number of aliphatic hydroxyl groups is 3. The standard InChI is InChI=1S/C56H107NO4/c1-3-5-7-9-11-13-15-17-19-21-23-25-27-28-29-31-33-35-37-39-41-43-45-47-49-51-55(60)56(61)57-53(52-58)54(59)50-48-46-44-42-40-38-36-34-32-30-26-24-22-20-18-16-14-12-10-8-6-4-2/h32,34,40,42,48,50,53-55,58-60H,3-31,33,35-39,41,43-47,49,51-52H2,1-2H3,(H,57,61)/b34-32+,42-40+,50-48+. The van der Waals surface area contributed by atoms with Crippen molar-refractivity contribution in [2.24, 2.45) is 0 Å². The topological polar surface area (TPSA) is 89.8 Å². The van der Waals surface area contributed by atoms with Gasteiger partial charge in [0.1, 0.15) is 6.10 Å². The monoisotopic (exact) mass is 858 g/mol. The Bertz CT molecular complexity index is 947. The molecular formula is C56H107NO4. The van der Waals surface area contributed by atoms with Crippen LogP contribution in [0.15, 0.2) is 36.5 Å². The zero-order valence-corrected chi connectivity index (χ0v) is 41.1. The van der Waals surface area contributed by atoms with Gasteiger partial charge < -0.3 is 20.6 Å². The fraction of sp³-hybridized carbons (Fsp3) is 0.875. The van der Waals surface area contributed by atoms with Crippen molar-refractivity contribution >= 4 is 5.91 Å². The van der Waals surface area contributed by atoms with E-state index in [9.17, 15) is 20.1 Å². The summed E-state index contributed by atoms with van der Waals surface area (Å²) in [6.07, 6.45) is 66.5. The SMILES string of the molecule is CCCCCCCCCCCCCC/C=C/CC/C=C/CC/C=C/C(O)C(CO)NC(=O)C(O)CCCCCCCCCCCCCCCCCCCCCCCCCCC. The van der Waals surface area contributed by atoms with Crippen LogP contribution in [0.25, 0.3) is 0 Å². The fourth-order valence-electron chi connectivity index (χ4n) is 8.46. The minimum Gasteiger partial charge on any atom is -0.394 e. The van der Waals surface area contributed by atoms with E-state index in [4.69, 9.17) is 0 Å². The van der Waals surface area contributed by atoms with Crippen LogP contribution < -0.4 is 5.32 Å². The van der Waals surface area contributed by atoms with Crippen LogP contribution in [-0.2, 0) is 4.79 Å². The van der Waals surface area contributed by atoms with Gasteiger partial charge in [-0.2, -0.15) is 0 Å². The van der Waals surface area contributed by atoms with Crippen molar-refractivity contribution in [3.8, 4) is 0 Å². The molecule has 5 heteroatoms. The highest BCUT2D eigenvalue weighted by atomic mass is 16.3. The normalized spacial score (nSPS) is 13.6. The summed E-state index contributed by atoms with van der Waals surface area (Å²) in [5.74, 6) is -0.512. The number of unbranched alkanes of at least 4 members (excludes halogenated alkanes) is 38. The van der Waals surface area contributed by atoms with Crippen molar-refractivity contribution in [1.29, 1.82) is 0 Å². The molecule has 360 valence electrons. The van der Waals surface area contributed by atoms with E-state index in [-0.39, 0.29) is 6.61 Å². The highest BCUT2D eigenvalue weighted by molar-refractivity contribution is 5.80. The van der Waals surface area contributed by atoms with E-state index in [0.29, 0.717) is 6.42 Å². The molecule has 0 radical (unpaired) electrons. The molecule has 0 aromatic rings. The van der Waals surface area contributed by atoms with E-state index in [1.54, 1.807) is 6.08 Å². The number of allylic oxidation sites excluding steroid dienone is 5. The summed E-state index contributed by atoms with van der Waals surface area (Å²) in [6, 6.07) is -0.820. The molecule has 0 aliphatic rings. The van der Waals surface area contributed by atoms with Gasteiger partial charge in [-0.05, 0) is 44.9 Å². The molecule has 0 rings (SSSR count). The first-order chi connectivity index (χ1) is 30.1. The summed E-state index contributed by atoms with van der Waals surface area (Å²) in [6.45, 7) is 4.20.